The average Bonchev–Trinajstić information content (AvgIpc) is 2.92. The van der Waals surface area contributed by atoms with Crippen LogP contribution >= 0.6 is 12.2 Å². The van der Waals surface area contributed by atoms with Gasteiger partial charge < -0.3 is 10.5 Å². The Bertz CT molecular complexity index is 607. The quantitative estimate of drug-likeness (QED) is 0.455. The highest BCUT2D eigenvalue weighted by atomic mass is 32.1. The minimum absolute atomic E-state index is 0.107. The molecule has 0 aliphatic rings. The molecule has 0 saturated heterocycles. The van der Waals surface area contributed by atoms with Gasteiger partial charge in [0.05, 0.1) is 12.8 Å². The number of hydrazone groups is 1. The fourth-order valence-corrected chi connectivity index (χ4v) is 1.55. The lowest BCUT2D eigenvalue weighted by molar-refractivity contribution is 0.414. The van der Waals surface area contributed by atoms with Gasteiger partial charge in [0.25, 0.3) is 0 Å². The van der Waals surface area contributed by atoms with E-state index in [1.165, 1.54) is 0 Å². The molecule has 2 rings (SSSR count). The summed E-state index contributed by atoms with van der Waals surface area (Å²) in [6.45, 7) is 0. The number of tetrazole rings is 1. The maximum Gasteiger partial charge on any atom is 0.184 e. The van der Waals surface area contributed by atoms with Gasteiger partial charge in [-0.3, -0.25) is 5.43 Å². The summed E-state index contributed by atoms with van der Waals surface area (Å²) in [6, 6.07) is 7.40. The summed E-state index contributed by atoms with van der Waals surface area (Å²) in [6.07, 6.45) is 2.03. The lowest BCUT2D eigenvalue weighted by Crippen LogP contribution is -2.24. The third-order valence-electron chi connectivity index (χ3n) is 2.39. The third-order valence-corrected chi connectivity index (χ3v) is 2.48. The summed E-state index contributed by atoms with van der Waals surface area (Å²) < 4.78 is 6.72. The molecular weight excluding hydrogens is 278 g/mol. The van der Waals surface area contributed by atoms with Crippen molar-refractivity contribution in [3.05, 3.63) is 30.1 Å². The van der Waals surface area contributed by atoms with Crippen LogP contribution in [-0.4, -0.2) is 38.6 Å². The van der Waals surface area contributed by atoms with Crippen LogP contribution in [-0.2, 0) is 6.42 Å². The molecule has 0 atom stereocenters. The molecule has 2 aromatic rings. The van der Waals surface area contributed by atoms with Gasteiger partial charge in [-0.05, 0) is 46.9 Å². The number of ether oxygens (including phenoxy) is 1. The van der Waals surface area contributed by atoms with E-state index >= 15 is 0 Å². The SMILES string of the molecule is COc1ccc(-n2nnnc2C/C=N/NC(N)=S)cc1. The molecule has 0 aliphatic heterocycles. The number of methoxy groups -OCH3 is 1. The van der Waals surface area contributed by atoms with Crippen molar-refractivity contribution in [2.75, 3.05) is 7.11 Å². The molecule has 0 radical (unpaired) electrons. The van der Waals surface area contributed by atoms with Gasteiger partial charge in [-0.25, -0.2) is 0 Å². The second kappa shape index (κ2) is 6.57. The van der Waals surface area contributed by atoms with Crippen molar-refractivity contribution < 1.29 is 4.74 Å². The largest absolute Gasteiger partial charge is 0.497 e. The Morgan fingerprint density at radius 3 is 2.90 bits per heavy atom. The van der Waals surface area contributed by atoms with E-state index < -0.39 is 0 Å². The van der Waals surface area contributed by atoms with E-state index in [1.807, 2.05) is 24.3 Å². The Kier molecular flexibility index (Phi) is 4.56. The van der Waals surface area contributed by atoms with E-state index in [9.17, 15) is 0 Å². The van der Waals surface area contributed by atoms with E-state index in [1.54, 1.807) is 18.0 Å². The fourth-order valence-electron chi connectivity index (χ4n) is 1.49. The number of thiocarbonyl (C=S) groups is 1. The van der Waals surface area contributed by atoms with Crippen LogP contribution in [0.3, 0.4) is 0 Å². The molecule has 1 aromatic carbocycles. The van der Waals surface area contributed by atoms with Gasteiger partial charge in [0.15, 0.2) is 10.9 Å². The number of hydrogen-bond acceptors (Lipinski definition) is 6. The zero-order chi connectivity index (χ0) is 14.4. The average molecular weight is 291 g/mol. The number of rotatable bonds is 5. The summed E-state index contributed by atoms with van der Waals surface area (Å²) >= 11 is 4.63. The Labute approximate surface area is 120 Å². The molecular formula is C11H13N7OS. The molecule has 0 fully saturated rings. The van der Waals surface area contributed by atoms with Crippen LogP contribution in [0.2, 0.25) is 0 Å². The number of nitrogens with one attached hydrogen (secondary N) is 1. The monoisotopic (exact) mass is 291 g/mol. The molecule has 0 amide bonds. The van der Waals surface area contributed by atoms with Crippen LogP contribution < -0.4 is 15.9 Å². The van der Waals surface area contributed by atoms with Gasteiger partial charge in [0.1, 0.15) is 5.75 Å². The molecule has 0 aliphatic carbocycles. The first-order chi connectivity index (χ1) is 9.70. The van der Waals surface area contributed by atoms with Crippen molar-refractivity contribution in [1.82, 2.24) is 25.6 Å². The molecule has 0 unspecified atom stereocenters. The third kappa shape index (κ3) is 3.48. The van der Waals surface area contributed by atoms with Crippen LogP contribution in [0.5, 0.6) is 5.75 Å². The van der Waals surface area contributed by atoms with E-state index in [-0.39, 0.29) is 5.11 Å². The van der Waals surface area contributed by atoms with Crippen molar-refractivity contribution in [3.8, 4) is 11.4 Å². The van der Waals surface area contributed by atoms with E-state index in [0.717, 1.165) is 11.4 Å². The zero-order valence-corrected chi connectivity index (χ0v) is 11.5. The minimum atomic E-state index is 0.107. The molecule has 9 heteroatoms. The molecule has 0 bridgehead atoms. The molecule has 0 saturated carbocycles. The first kappa shape index (κ1) is 13.9. The molecule has 1 aromatic heterocycles. The number of aromatic nitrogens is 4. The molecule has 3 N–H and O–H groups in total. The standard InChI is InChI=1S/C11H13N7OS/c1-19-9-4-2-8(3-5-9)18-10(14-16-17-18)6-7-13-15-11(12)20/h2-5,7H,6H2,1H3,(H3,12,15,20)/b13-7+. The maximum absolute atomic E-state index is 5.25. The maximum atomic E-state index is 5.25. The Morgan fingerprint density at radius 1 is 1.50 bits per heavy atom. The number of hydrogen-bond donors (Lipinski definition) is 2. The van der Waals surface area contributed by atoms with Crippen LogP contribution in [0.25, 0.3) is 5.69 Å². The Hall–Kier alpha value is -2.55. The molecule has 0 spiro atoms. The molecule has 20 heavy (non-hydrogen) atoms. The highest BCUT2D eigenvalue weighted by Crippen LogP contribution is 2.14. The Balaban J connectivity index is 2.11. The van der Waals surface area contributed by atoms with Gasteiger partial charge in [-0.1, -0.05) is 0 Å². The van der Waals surface area contributed by atoms with Crippen LogP contribution in [0.1, 0.15) is 5.82 Å². The van der Waals surface area contributed by atoms with Crippen molar-refractivity contribution in [3.63, 3.8) is 0 Å². The number of nitrogens with zero attached hydrogens (tertiary/aromatic N) is 5. The van der Waals surface area contributed by atoms with Gasteiger partial charge in [0, 0.05) is 12.6 Å². The van der Waals surface area contributed by atoms with Crippen LogP contribution in [0, 0.1) is 0 Å². The van der Waals surface area contributed by atoms with E-state index in [4.69, 9.17) is 10.5 Å². The number of benzene rings is 1. The highest BCUT2D eigenvalue weighted by Gasteiger charge is 2.07. The summed E-state index contributed by atoms with van der Waals surface area (Å²) in [7, 11) is 1.61. The zero-order valence-electron chi connectivity index (χ0n) is 10.7. The molecule has 104 valence electrons. The summed E-state index contributed by atoms with van der Waals surface area (Å²) in [5, 5.41) is 15.5. The van der Waals surface area contributed by atoms with E-state index in [2.05, 4.69) is 38.3 Å². The predicted molar refractivity (Wildman–Crippen MR) is 77.8 cm³/mol. The summed E-state index contributed by atoms with van der Waals surface area (Å²) in [5.74, 6) is 1.41. The first-order valence-corrected chi connectivity index (χ1v) is 6.10. The Morgan fingerprint density at radius 2 is 2.25 bits per heavy atom. The number of nitrogens with two attached hydrogens (primary N) is 1. The second-order valence-electron chi connectivity index (χ2n) is 3.70. The topological polar surface area (TPSA) is 103 Å². The van der Waals surface area contributed by atoms with E-state index in [0.29, 0.717) is 12.2 Å². The van der Waals surface area contributed by atoms with Crippen molar-refractivity contribution in [2.24, 2.45) is 10.8 Å². The van der Waals surface area contributed by atoms with Gasteiger partial charge >= 0.3 is 0 Å². The molecule has 8 nitrogen and oxygen atoms in total. The van der Waals surface area contributed by atoms with Gasteiger partial charge in [-0.2, -0.15) is 9.78 Å². The predicted octanol–water partition coefficient (Wildman–Crippen LogP) is 0.0324. The molecule has 1 heterocycles. The normalized spacial score (nSPS) is 10.7. The lowest BCUT2D eigenvalue weighted by Gasteiger charge is -2.04. The van der Waals surface area contributed by atoms with Crippen molar-refractivity contribution in [1.29, 1.82) is 0 Å². The van der Waals surface area contributed by atoms with Crippen LogP contribution in [0.4, 0.5) is 0 Å². The fraction of sp³-hybridized carbons (Fsp3) is 0.182. The highest BCUT2D eigenvalue weighted by molar-refractivity contribution is 7.80. The lowest BCUT2D eigenvalue weighted by atomic mass is 10.3. The smallest absolute Gasteiger partial charge is 0.184 e. The van der Waals surface area contributed by atoms with Gasteiger partial charge in [0.2, 0.25) is 0 Å². The minimum Gasteiger partial charge on any atom is -0.497 e. The summed E-state index contributed by atoms with van der Waals surface area (Å²) in [4.78, 5) is 0. The second-order valence-corrected chi connectivity index (χ2v) is 4.14. The van der Waals surface area contributed by atoms with Crippen LogP contribution in [0.15, 0.2) is 29.4 Å². The van der Waals surface area contributed by atoms with Crippen molar-refractivity contribution in [2.45, 2.75) is 6.42 Å². The van der Waals surface area contributed by atoms with Crippen molar-refractivity contribution >= 4 is 23.5 Å². The van der Waals surface area contributed by atoms with Gasteiger partial charge in [-0.15, -0.1) is 5.10 Å². The summed E-state index contributed by atoms with van der Waals surface area (Å²) in [5.41, 5.74) is 8.55. The first-order valence-electron chi connectivity index (χ1n) is 5.69.